The second-order valence-corrected chi connectivity index (χ2v) is 7.19. The number of ether oxygens (including phenoxy) is 1. The number of amides is 2. The molecule has 2 rings (SSSR count). The number of benzene rings is 2. The highest BCUT2D eigenvalue weighted by atomic mass is 16.6. The zero-order valence-corrected chi connectivity index (χ0v) is 16.5. The normalized spacial score (nSPS) is 10.7. The summed E-state index contributed by atoms with van der Waals surface area (Å²) < 4.78 is 5.19. The molecule has 0 unspecified atom stereocenters. The van der Waals surface area contributed by atoms with Gasteiger partial charge in [-0.2, -0.15) is 0 Å². The van der Waals surface area contributed by atoms with Crippen molar-refractivity contribution < 1.29 is 19.2 Å². The molecule has 3 N–H and O–H groups in total. The lowest BCUT2D eigenvalue weighted by atomic mass is 10.2. The number of nitro groups is 1. The largest absolute Gasteiger partial charge is 0.444 e. The van der Waals surface area contributed by atoms with E-state index in [0.29, 0.717) is 30.0 Å². The Morgan fingerprint density at radius 3 is 2.34 bits per heavy atom. The lowest BCUT2D eigenvalue weighted by Crippen LogP contribution is -2.29. The molecule has 0 radical (unpaired) electrons. The molecule has 0 saturated carbocycles. The molecule has 2 aromatic rings. The van der Waals surface area contributed by atoms with Crippen molar-refractivity contribution in [2.45, 2.75) is 26.4 Å². The first-order chi connectivity index (χ1) is 13.6. The van der Waals surface area contributed by atoms with Crippen LogP contribution in [0.4, 0.5) is 21.9 Å². The smallest absolute Gasteiger partial charge is 0.412 e. The summed E-state index contributed by atoms with van der Waals surface area (Å²) in [5.74, 6) is -0.289. The number of carbonyl (C=O) groups excluding carboxylic acids is 2. The van der Waals surface area contributed by atoms with Crippen molar-refractivity contribution in [2.75, 3.05) is 23.7 Å². The van der Waals surface area contributed by atoms with Crippen molar-refractivity contribution in [1.82, 2.24) is 5.32 Å². The minimum absolute atomic E-state index is 0.0173. The number of rotatable bonds is 7. The van der Waals surface area contributed by atoms with Crippen molar-refractivity contribution in [3.8, 4) is 0 Å². The second kappa shape index (κ2) is 9.54. The van der Waals surface area contributed by atoms with Crippen LogP contribution in [0.3, 0.4) is 0 Å². The Hall–Kier alpha value is -3.62. The van der Waals surface area contributed by atoms with E-state index >= 15 is 0 Å². The molecule has 0 atom stereocenters. The Morgan fingerprint density at radius 2 is 1.72 bits per heavy atom. The van der Waals surface area contributed by atoms with Gasteiger partial charge in [0.2, 0.25) is 0 Å². The minimum atomic E-state index is -0.615. The molecule has 9 heteroatoms. The maximum absolute atomic E-state index is 12.3. The van der Waals surface area contributed by atoms with Gasteiger partial charge in [-0.05, 0) is 51.1 Å². The van der Waals surface area contributed by atoms with Crippen LogP contribution in [0.1, 0.15) is 31.1 Å². The summed E-state index contributed by atoms with van der Waals surface area (Å²) in [6.07, 6.45) is -0.595. The SMILES string of the molecule is CC(C)(C)OC(=O)Nc1cccc(C(=O)NCCNc2ccc([N+](=O)[O-])cc2)c1. The third-order valence-corrected chi connectivity index (χ3v) is 3.59. The summed E-state index contributed by atoms with van der Waals surface area (Å²) in [6.45, 7) is 6.09. The average Bonchev–Trinajstić information content (AvgIpc) is 2.64. The van der Waals surface area contributed by atoms with Crippen molar-refractivity contribution >= 4 is 29.1 Å². The Bertz CT molecular complexity index is 875. The van der Waals surface area contributed by atoms with Crippen molar-refractivity contribution in [3.05, 3.63) is 64.2 Å². The summed E-state index contributed by atoms with van der Waals surface area (Å²) in [7, 11) is 0. The Kier molecular flexibility index (Phi) is 7.13. The van der Waals surface area contributed by atoms with Gasteiger partial charge in [0.1, 0.15) is 5.60 Å². The number of anilines is 2. The van der Waals surface area contributed by atoms with E-state index in [4.69, 9.17) is 4.74 Å². The van der Waals surface area contributed by atoms with Crippen LogP contribution in [0.15, 0.2) is 48.5 Å². The van der Waals surface area contributed by atoms with Gasteiger partial charge in [0.15, 0.2) is 0 Å². The lowest BCUT2D eigenvalue weighted by molar-refractivity contribution is -0.384. The zero-order chi connectivity index (χ0) is 21.4. The van der Waals surface area contributed by atoms with Gasteiger partial charge < -0.3 is 15.4 Å². The second-order valence-electron chi connectivity index (χ2n) is 7.19. The Labute approximate surface area is 168 Å². The van der Waals surface area contributed by atoms with Gasteiger partial charge in [-0.15, -0.1) is 0 Å². The maximum Gasteiger partial charge on any atom is 0.412 e. The van der Waals surface area contributed by atoms with Gasteiger partial charge in [-0.25, -0.2) is 4.79 Å². The first kappa shape index (κ1) is 21.7. The molecule has 2 aromatic carbocycles. The van der Waals surface area contributed by atoms with Crippen molar-refractivity contribution in [3.63, 3.8) is 0 Å². The van der Waals surface area contributed by atoms with Crippen LogP contribution in [0.5, 0.6) is 0 Å². The number of nitrogens with zero attached hydrogens (tertiary/aromatic N) is 1. The number of nitrogens with one attached hydrogen (secondary N) is 3. The summed E-state index contributed by atoms with van der Waals surface area (Å²) >= 11 is 0. The van der Waals surface area contributed by atoms with Crippen LogP contribution in [0, 0.1) is 10.1 Å². The number of hydrogen-bond acceptors (Lipinski definition) is 6. The van der Waals surface area contributed by atoms with E-state index in [9.17, 15) is 19.7 Å². The third kappa shape index (κ3) is 7.49. The summed E-state index contributed by atoms with van der Waals surface area (Å²) in [5.41, 5.74) is 0.970. The molecule has 0 aliphatic heterocycles. The van der Waals surface area contributed by atoms with E-state index in [1.807, 2.05) is 0 Å². The number of nitro benzene ring substituents is 1. The molecule has 0 heterocycles. The lowest BCUT2D eigenvalue weighted by Gasteiger charge is -2.19. The van der Waals surface area contributed by atoms with Crippen LogP contribution < -0.4 is 16.0 Å². The van der Waals surface area contributed by atoms with Crippen molar-refractivity contribution in [1.29, 1.82) is 0 Å². The fraction of sp³-hybridized carbons (Fsp3) is 0.300. The van der Waals surface area contributed by atoms with Crippen LogP contribution in [0.2, 0.25) is 0 Å². The van der Waals surface area contributed by atoms with E-state index in [1.54, 1.807) is 57.2 Å². The molecule has 0 spiro atoms. The molecule has 0 aromatic heterocycles. The van der Waals surface area contributed by atoms with Crippen LogP contribution in [-0.4, -0.2) is 35.6 Å². The van der Waals surface area contributed by atoms with Crippen LogP contribution >= 0.6 is 0 Å². The molecule has 0 bridgehead atoms. The molecule has 9 nitrogen and oxygen atoms in total. The number of non-ortho nitro benzene ring substituents is 1. The average molecular weight is 400 g/mol. The first-order valence-corrected chi connectivity index (χ1v) is 9.01. The summed E-state index contributed by atoms with van der Waals surface area (Å²) in [4.78, 5) is 34.3. The Morgan fingerprint density at radius 1 is 1.03 bits per heavy atom. The van der Waals surface area contributed by atoms with E-state index in [1.165, 1.54) is 12.1 Å². The fourth-order valence-corrected chi connectivity index (χ4v) is 2.35. The fourth-order valence-electron chi connectivity index (χ4n) is 2.35. The standard InChI is InChI=1S/C20H24N4O5/c1-20(2,3)29-19(26)23-16-6-4-5-14(13-16)18(25)22-12-11-21-15-7-9-17(10-8-15)24(27)28/h4-10,13,21H,11-12H2,1-3H3,(H,22,25)(H,23,26). The topological polar surface area (TPSA) is 123 Å². The van der Waals surface area contributed by atoms with Gasteiger partial charge >= 0.3 is 6.09 Å². The Balaban J connectivity index is 1.81. The molecular weight excluding hydrogens is 376 g/mol. The van der Waals surface area contributed by atoms with Crippen LogP contribution in [0.25, 0.3) is 0 Å². The highest BCUT2D eigenvalue weighted by Crippen LogP contribution is 2.15. The monoisotopic (exact) mass is 400 g/mol. The van der Waals surface area contributed by atoms with Crippen LogP contribution in [-0.2, 0) is 4.74 Å². The molecule has 0 saturated heterocycles. The number of hydrogen-bond donors (Lipinski definition) is 3. The first-order valence-electron chi connectivity index (χ1n) is 9.01. The van der Waals surface area contributed by atoms with Crippen molar-refractivity contribution in [2.24, 2.45) is 0 Å². The van der Waals surface area contributed by atoms with Gasteiger partial charge in [0.25, 0.3) is 11.6 Å². The maximum atomic E-state index is 12.3. The van der Waals surface area contributed by atoms with E-state index < -0.39 is 16.6 Å². The predicted octanol–water partition coefficient (Wildman–Crippen LogP) is 3.78. The summed E-state index contributed by atoms with van der Waals surface area (Å²) in [6, 6.07) is 12.5. The minimum Gasteiger partial charge on any atom is -0.444 e. The van der Waals surface area contributed by atoms with Gasteiger partial charge in [0.05, 0.1) is 4.92 Å². The predicted molar refractivity (Wildman–Crippen MR) is 110 cm³/mol. The summed E-state index contributed by atoms with van der Waals surface area (Å²) in [5, 5.41) is 19.1. The van der Waals surface area contributed by atoms with Gasteiger partial charge in [-0.1, -0.05) is 6.07 Å². The van der Waals surface area contributed by atoms with E-state index in [-0.39, 0.29) is 11.6 Å². The highest BCUT2D eigenvalue weighted by Gasteiger charge is 2.16. The third-order valence-electron chi connectivity index (χ3n) is 3.59. The molecule has 0 aliphatic rings. The zero-order valence-electron chi connectivity index (χ0n) is 16.5. The van der Waals surface area contributed by atoms with Gasteiger partial charge in [0, 0.05) is 42.2 Å². The van der Waals surface area contributed by atoms with E-state index in [0.717, 1.165) is 0 Å². The molecule has 154 valence electrons. The van der Waals surface area contributed by atoms with Gasteiger partial charge in [-0.3, -0.25) is 20.2 Å². The quantitative estimate of drug-likeness (QED) is 0.369. The van der Waals surface area contributed by atoms with E-state index in [2.05, 4.69) is 16.0 Å². The molecule has 29 heavy (non-hydrogen) atoms. The molecule has 0 fully saturated rings. The number of carbonyl (C=O) groups is 2. The highest BCUT2D eigenvalue weighted by molar-refractivity contribution is 5.96. The molecular formula is C20H24N4O5. The molecule has 0 aliphatic carbocycles. The molecule has 2 amide bonds.